The van der Waals surface area contributed by atoms with Gasteiger partial charge < -0.3 is 10.6 Å². The molecule has 0 bridgehead atoms. The normalized spacial score (nSPS) is 18.4. The fourth-order valence-electron chi connectivity index (χ4n) is 2.91. The van der Waals surface area contributed by atoms with Crippen LogP contribution < -0.4 is 10.6 Å². The zero-order chi connectivity index (χ0) is 17.1. The van der Waals surface area contributed by atoms with E-state index in [-0.39, 0.29) is 17.4 Å². The molecule has 0 aliphatic carbocycles. The second-order valence-electron chi connectivity index (χ2n) is 5.82. The SMILES string of the molecule is O=C(NC(c1cc(F)ccc1F)c1ccccc1Cl)C1CCNC1. The average Bonchev–Trinajstić information content (AvgIpc) is 3.10. The standard InChI is InChI=1S/C18H17ClF2N2O/c19-15-4-2-1-3-13(15)17(14-9-12(20)5-6-16(14)21)23-18(24)11-7-8-22-10-11/h1-6,9,11,17,22H,7-8,10H2,(H,23,24). The zero-order valence-corrected chi connectivity index (χ0v) is 13.6. The van der Waals surface area contributed by atoms with E-state index in [0.29, 0.717) is 23.6 Å². The van der Waals surface area contributed by atoms with E-state index in [2.05, 4.69) is 10.6 Å². The predicted molar refractivity (Wildman–Crippen MR) is 88.8 cm³/mol. The van der Waals surface area contributed by atoms with Crippen LogP contribution in [0, 0.1) is 17.6 Å². The van der Waals surface area contributed by atoms with E-state index in [1.807, 2.05) is 0 Å². The highest BCUT2D eigenvalue weighted by Crippen LogP contribution is 2.30. The van der Waals surface area contributed by atoms with Gasteiger partial charge in [0.2, 0.25) is 5.91 Å². The van der Waals surface area contributed by atoms with Gasteiger partial charge in [0, 0.05) is 17.1 Å². The Kier molecular flexibility index (Phi) is 5.11. The lowest BCUT2D eigenvalue weighted by Gasteiger charge is -2.23. The molecule has 2 N–H and O–H groups in total. The largest absolute Gasteiger partial charge is 0.345 e. The van der Waals surface area contributed by atoms with Gasteiger partial charge in [0.25, 0.3) is 0 Å². The summed E-state index contributed by atoms with van der Waals surface area (Å²) in [5.41, 5.74) is 0.588. The van der Waals surface area contributed by atoms with E-state index in [0.717, 1.165) is 24.7 Å². The molecule has 3 rings (SSSR count). The fourth-order valence-corrected chi connectivity index (χ4v) is 3.15. The molecule has 6 heteroatoms. The zero-order valence-electron chi connectivity index (χ0n) is 12.9. The van der Waals surface area contributed by atoms with E-state index < -0.39 is 17.7 Å². The van der Waals surface area contributed by atoms with Crippen molar-refractivity contribution in [3.63, 3.8) is 0 Å². The van der Waals surface area contributed by atoms with Crippen LogP contribution in [0.4, 0.5) is 8.78 Å². The molecule has 126 valence electrons. The number of hydrogen-bond donors (Lipinski definition) is 2. The molecule has 1 amide bonds. The number of rotatable bonds is 4. The summed E-state index contributed by atoms with van der Waals surface area (Å²) in [6.07, 6.45) is 0.715. The first-order valence-corrected chi connectivity index (χ1v) is 8.14. The molecule has 1 fully saturated rings. The smallest absolute Gasteiger partial charge is 0.225 e. The molecule has 24 heavy (non-hydrogen) atoms. The van der Waals surface area contributed by atoms with Crippen LogP contribution in [0.1, 0.15) is 23.6 Å². The Morgan fingerprint density at radius 3 is 2.71 bits per heavy atom. The van der Waals surface area contributed by atoms with Gasteiger partial charge in [-0.2, -0.15) is 0 Å². The molecule has 0 radical (unpaired) electrons. The topological polar surface area (TPSA) is 41.1 Å². The number of carbonyl (C=O) groups excluding carboxylic acids is 1. The Labute approximate surface area is 144 Å². The van der Waals surface area contributed by atoms with E-state index in [9.17, 15) is 13.6 Å². The highest BCUT2D eigenvalue weighted by molar-refractivity contribution is 6.31. The number of halogens is 3. The van der Waals surface area contributed by atoms with Gasteiger partial charge in [-0.3, -0.25) is 4.79 Å². The molecule has 2 aromatic carbocycles. The summed E-state index contributed by atoms with van der Waals surface area (Å²) in [5.74, 6) is -1.55. The lowest BCUT2D eigenvalue weighted by atomic mass is 9.96. The molecule has 2 atom stereocenters. The van der Waals surface area contributed by atoms with Crippen LogP contribution in [0.15, 0.2) is 42.5 Å². The Morgan fingerprint density at radius 1 is 1.21 bits per heavy atom. The number of carbonyl (C=O) groups is 1. The molecular formula is C18H17ClF2N2O. The maximum absolute atomic E-state index is 14.3. The lowest BCUT2D eigenvalue weighted by Crippen LogP contribution is -2.36. The van der Waals surface area contributed by atoms with Gasteiger partial charge in [0.1, 0.15) is 11.6 Å². The molecule has 1 heterocycles. The lowest BCUT2D eigenvalue weighted by molar-refractivity contribution is -0.124. The summed E-state index contributed by atoms with van der Waals surface area (Å²) in [7, 11) is 0. The molecule has 0 aromatic heterocycles. The van der Waals surface area contributed by atoms with Gasteiger partial charge in [-0.1, -0.05) is 29.8 Å². The van der Waals surface area contributed by atoms with Crippen LogP contribution in [0.3, 0.4) is 0 Å². The van der Waals surface area contributed by atoms with Gasteiger partial charge in [0.05, 0.1) is 12.0 Å². The minimum Gasteiger partial charge on any atom is -0.345 e. The van der Waals surface area contributed by atoms with Gasteiger partial charge in [-0.15, -0.1) is 0 Å². The van der Waals surface area contributed by atoms with Crippen molar-refractivity contribution < 1.29 is 13.6 Å². The van der Waals surface area contributed by atoms with Crippen molar-refractivity contribution in [1.82, 2.24) is 10.6 Å². The Bertz CT molecular complexity index is 748. The molecule has 0 saturated carbocycles. The van der Waals surface area contributed by atoms with Crippen molar-refractivity contribution in [2.45, 2.75) is 12.5 Å². The minimum atomic E-state index is -0.845. The highest BCUT2D eigenvalue weighted by Gasteiger charge is 2.28. The first-order valence-electron chi connectivity index (χ1n) is 7.76. The van der Waals surface area contributed by atoms with Gasteiger partial charge in [-0.05, 0) is 42.8 Å². The van der Waals surface area contributed by atoms with Crippen LogP contribution in [0.5, 0.6) is 0 Å². The molecule has 1 aliphatic heterocycles. The molecule has 1 aliphatic rings. The molecule has 1 saturated heterocycles. The van der Waals surface area contributed by atoms with Crippen molar-refractivity contribution >= 4 is 17.5 Å². The van der Waals surface area contributed by atoms with Crippen molar-refractivity contribution in [2.75, 3.05) is 13.1 Å². The molecule has 2 unspecified atom stereocenters. The monoisotopic (exact) mass is 350 g/mol. The summed E-state index contributed by atoms with van der Waals surface area (Å²) in [6.45, 7) is 1.34. The second-order valence-corrected chi connectivity index (χ2v) is 6.23. The fraction of sp³-hybridized carbons (Fsp3) is 0.278. The number of hydrogen-bond acceptors (Lipinski definition) is 2. The third kappa shape index (κ3) is 3.57. The van der Waals surface area contributed by atoms with E-state index in [1.54, 1.807) is 24.3 Å². The molecule has 0 spiro atoms. The van der Waals surface area contributed by atoms with E-state index in [1.165, 1.54) is 0 Å². The van der Waals surface area contributed by atoms with Crippen molar-refractivity contribution in [1.29, 1.82) is 0 Å². The highest BCUT2D eigenvalue weighted by atomic mass is 35.5. The van der Waals surface area contributed by atoms with Crippen LogP contribution in [0.2, 0.25) is 5.02 Å². The quantitative estimate of drug-likeness (QED) is 0.887. The predicted octanol–water partition coefficient (Wildman–Crippen LogP) is 3.43. The Morgan fingerprint density at radius 2 is 2.00 bits per heavy atom. The first kappa shape index (κ1) is 16.9. The van der Waals surface area contributed by atoms with E-state index in [4.69, 9.17) is 11.6 Å². The van der Waals surface area contributed by atoms with Crippen LogP contribution in [0.25, 0.3) is 0 Å². The summed E-state index contributed by atoms with van der Waals surface area (Å²) < 4.78 is 27.9. The number of nitrogens with one attached hydrogen (secondary N) is 2. The van der Waals surface area contributed by atoms with E-state index >= 15 is 0 Å². The van der Waals surface area contributed by atoms with Gasteiger partial charge in [-0.25, -0.2) is 8.78 Å². The number of benzene rings is 2. The van der Waals surface area contributed by atoms with Crippen molar-refractivity contribution in [3.05, 3.63) is 70.2 Å². The minimum absolute atomic E-state index is 0.0578. The van der Waals surface area contributed by atoms with Crippen LogP contribution in [-0.2, 0) is 4.79 Å². The molecule has 2 aromatic rings. The summed E-state index contributed by atoms with van der Waals surface area (Å²) in [4.78, 5) is 12.5. The van der Waals surface area contributed by atoms with Crippen LogP contribution in [-0.4, -0.2) is 19.0 Å². The van der Waals surface area contributed by atoms with Crippen LogP contribution >= 0.6 is 11.6 Å². The molecule has 3 nitrogen and oxygen atoms in total. The Hall–Kier alpha value is -1.98. The number of amides is 1. The third-order valence-corrected chi connectivity index (χ3v) is 4.55. The van der Waals surface area contributed by atoms with Crippen molar-refractivity contribution in [2.24, 2.45) is 5.92 Å². The third-order valence-electron chi connectivity index (χ3n) is 4.20. The molecular weight excluding hydrogens is 334 g/mol. The maximum atomic E-state index is 14.3. The summed E-state index contributed by atoms with van der Waals surface area (Å²) in [5, 5.41) is 6.33. The summed E-state index contributed by atoms with van der Waals surface area (Å²) in [6, 6.07) is 9.19. The van der Waals surface area contributed by atoms with Crippen molar-refractivity contribution in [3.8, 4) is 0 Å². The average molecular weight is 351 g/mol. The maximum Gasteiger partial charge on any atom is 0.225 e. The van der Waals surface area contributed by atoms with Gasteiger partial charge in [0.15, 0.2) is 0 Å². The summed E-state index contributed by atoms with van der Waals surface area (Å²) >= 11 is 6.22. The first-order chi connectivity index (χ1) is 11.6. The Balaban J connectivity index is 1.99. The van der Waals surface area contributed by atoms with Gasteiger partial charge >= 0.3 is 0 Å². The second kappa shape index (κ2) is 7.28.